The van der Waals surface area contributed by atoms with Crippen LogP contribution in [0.3, 0.4) is 0 Å². The van der Waals surface area contributed by atoms with Crippen LogP contribution in [0.25, 0.3) is 0 Å². The molecule has 3 N–H and O–H groups in total. The monoisotopic (exact) mass is 386 g/mol. The molecule has 0 bridgehead atoms. The molecule has 0 aliphatic rings. The molecule has 0 heterocycles. The Hall–Kier alpha value is -2.73. The standard InChI is InChI=1S/C19H22N4O3S/c1-14(15-7-9-17(10-8-15)27(21,25)26)23(2)12-11-19(24)22-18-6-4-3-5-16(18)13-20/h3-10,14H,11-12H2,1-2H3,(H,22,24)(H2,21,25,26). The van der Waals surface area contributed by atoms with Gasteiger partial charge in [0.1, 0.15) is 6.07 Å². The maximum absolute atomic E-state index is 12.2. The molecule has 0 aromatic heterocycles. The average molecular weight is 386 g/mol. The third-order valence-electron chi connectivity index (χ3n) is 4.37. The van der Waals surface area contributed by atoms with E-state index in [2.05, 4.69) is 5.32 Å². The second kappa shape index (κ2) is 8.77. The number of nitriles is 1. The van der Waals surface area contributed by atoms with E-state index in [0.717, 1.165) is 5.56 Å². The Labute approximate surface area is 159 Å². The lowest BCUT2D eigenvalue weighted by Crippen LogP contribution is -2.27. The molecule has 1 atom stereocenters. The van der Waals surface area contributed by atoms with Crippen LogP contribution in [0, 0.1) is 11.3 Å². The number of amides is 1. The second-order valence-electron chi connectivity index (χ2n) is 6.23. The van der Waals surface area contributed by atoms with Crippen LogP contribution in [0.5, 0.6) is 0 Å². The van der Waals surface area contributed by atoms with E-state index in [4.69, 9.17) is 10.4 Å². The number of nitrogens with one attached hydrogen (secondary N) is 1. The summed E-state index contributed by atoms with van der Waals surface area (Å²) in [4.78, 5) is 14.2. The molecular formula is C19H22N4O3S. The number of nitrogens with two attached hydrogens (primary N) is 1. The first-order valence-corrected chi connectivity index (χ1v) is 9.89. The van der Waals surface area contributed by atoms with Gasteiger partial charge in [-0.2, -0.15) is 5.26 Å². The summed E-state index contributed by atoms with van der Waals surface area (Å²) >= 11 is 0. The molecule has 0 saturated heterocycles. The summed E-state index contributed by atoms with van der Waals surface area (Å²) in [6.45, 7) is 2.47. The Morgan fingerprint density at radius 2 is 1.85 bits per heavy atom. The Bertz CT molecular complexity index is 950. The van der Waals surface area contributed by atoms with Crippen LogP contribution in [0.15, 0.2) is 53.4 Å². The minimum atomic E-state index is -3.71. The van der Waals surface area contributed by atoms with Crippen molar-refractivity contribution in [2.75, 3.05) is 18.9 Å². The van der Waals surface area contributed by atoms with Crippen LogP contribution in [0.2, 0.25) is 0 Å². The van der Waals surface area contributed by atoms with Crippen molar-refractivity contribution < 1.29 is 13.2 Å². The van der Waals surface area contributed by atoms with E-state index >= 15 is 0 Å². The van der Waals surface area contributed by atoms with Crippen molar-refractivity contribution in [3.8, 4) is 6.07 Å². The van der Waals surface area contributed by atoms with Gasteiger partial charge in [-0.05, 0) is 43.8 Å². The maximum atomic E-state index is 12.2. The summed E-state index contributed by atoms with van der Waals surface area (Å²) in [5.74, 6) is -0.179. The van der Waals surface area contributed by atoms with Crippen LogP contribution >= 0.6 is 0 Å². The van der Waals surface area contributed by atoms with Crippen LogP contribution < -0.4 is 10.5 Å². The minimum absolute atomic E-state index is 0.0151. The molecule has 27 heavy (non-hydrogen) atoms. The predicted molar refractivity (Wildman–Crippen MR) is 103 cm³/mol. The average Bonchev–Trinajstić information content (AvgIpc) is 2.65. The van der Waals surface area contributed by atoms with Crippen molar-refractivity contribution in [3.05, 3.63) is 59.7 Å². The molecule has 2 rings (SSSR count). The van der Waals surface area contributed by atoms with E-state index in [0.29, 0.717) is 17.8 Å². The quantitative estimate of drug-likeness (QED) is 0.757. The van der Waals surface area contributed by atoms with Gasteiger partial charge in [0, 0.05) is 19.0 Å². The minimum Gasteiger partial charge on any atom is -0.325 e. The SMILES string of the molecule is CC(c1ccc(S(N)(=O)=O)cc1)N(C)CCC(=O)Nc1ccccc1C#N. The van der Waals surface area contributed by atoms with Gasteiger partial charge in [0.2, 0.25) is 15.9 Å². The second-order valence-corrected chi connectivity index (χ2v) is 7.79. The van der Waals surface area contributed by atoms with Gasteiger partial charge in [0.25, 0.3) is 0 Å². The highest BCUT2D eigenvalue weighted by atomic mass is 32.2. The van der Waals surface area contributed by atoms with E-state index in [9.17, 15) is 13.2 Å². The lowest BCUT2D eigenvalue weighted by Gasteiger charge is -2.25. The lowest BCUT2D eigenvalue weighted by atomic mass is 10.1. The highest BCUT2D eigenvalue weighted by molar-refractivity contribution is 7.89. The Morgan fingerprint density at radius 1 is 1.22 bits per heavy atom. The van der Waals surface area contributed by atoms with Gasteiger partial charge in [-0.1, -0.05) is 24.3 Å². The summed E-state index contributed by atoms with van der Waals surface area (Å²) < 4.78 is 22.6. The molecule has 142 valence electrons. The molecule has 1 unspecified atom stereocenters. The number of carbonyl (C=O) groups excluding carboxylic acids is 1. The third-order valence-corrected chi connectivity index (χ3v) is 5.29. The van der Waals surface area contributed by atoms with Crippen molar-refractivity contribution in [3.63, 3.8) is 0 Å². The summed E-state index contributed by atoms with van der Waals surface area (Å²) in [6.07, 6.45) is 0.260. The summed E-state index contributed by atoms with van der Waals surface area (Å²) in [5.41, 5.74) is 1.84. The van der Waals surface area contributed by atoms with Crippen molar-refractivity contribution in [1.82, 2.24) is 4.90 Å². The number of para-hydroxylation sites is 1. The Kier molecular flexibility index (Phi) is 6.69. The number of anilines is 1. The van der Waals surface area contributed by atoms with Gasteiger partial charge in [0.15, 0.2) is 0 Å². The molecule has 0 aliphatic carbocycles. The van der Waals surface area contributed by atoms with Crippen molar-refractivity contribution in [1.29, 1.82) is 5.26 Å². The summed E-state index contributed by atoms with van der Waals surface area (Å²) in [5, 5.41) is 16.9. The van der Waals surface area contributed by atoms with Gasteiger partial charge in [-0.3, -0.25) is 9.69 Å². The third kappa shape index (κ3) is 5.62. The Morgan fingerprint density at radius 3 is 2.44 bits per heavy atom. The first-order chi connectivity index (χ1) is 12.7. The fraction of sp³-hybridized carbons (Fsp3) is 0.263. The van der Waals surface area contributed by atoms with E-state index in [-0.39, 0.29) is 23.3 Å². The van der Waals surface area contributed by atoms with Gasteiger partial charge in [-0.25, -0.2) is 13.6 Å². The normalized spacial score (nSPS) is 12.4. The van der Waals surface area contributed by atoms with Crippen LogP contribution in [-0.4, -0.2) is 32.8 Å². The zero-order valence-electron chi connectivity index (χ0n) is 15.2. The van der Waals surface area contributed by atoms with E-state index < -0.39 is 10.0 Å². The Balaban J connectivity index is 1.93. The molecule has 0 radical (unpaired) electrons. The zero-order chi connectivity index (χ0) is 20.0. The zero-order valence-corrected chi connectivity index (χ0v) is 16.0. The largest absolute Gasteiger partial charge is 0.325 e. The van der Waals surface area contributed by atoms with Gasteiger partial charge in [0.05, 0.1) is 16.1 Å². The molecule has 0 aliphatic heterocycles. The van der Waals surface area contributed by atoms with Gasteiger partial charge in [-0.15, -0.1) is 0 Å². The fourth-order valence-electron chi connectivity index (χ4n) is 2.56. The molecule has 2 aromatic carbocycles. The molecular weight excluding hydrogens is 364 g/mol. The van der Waals surface area contributed by atoms with Crippen LogP contribution in [0.1, 0.15) is 30.5 Å². The van der Waals surface area contributed by atoms with Crippen LogP contribution in [0.4, 0.5) is 5.69 Å². The molecule has 0 saturated carbocycles. The number of rotatable bonds is 7. The van der Waals surface area contributed by atoms with Crippen molar-refractivity contribution >= 4 is 21.6 Å². The van der Waals surface area contributed by atoms with E-state index in [1.54, 1.807) is 36.4 Å². The number of hydrogen-bond acceptors (Lipinski definition) is 5. The first-order valence-electron chi connectivity index (χ1n) is 8.34. The molecule has 7 nitrogen and oxygen atoms in total. The lowest BCUT2D eigenvalue weighted by molar-refractivity contribution is -0.116. The topological polar surface area (TPSA) is 116 Å². The van der Waals surface area contributed by atoms with Crippen molar-refractivity contribution in [2.24, 2.45) is 5.14 Å². The number of benzene rings is 2. The summed E-state index contributed by atoms with van der Waals surface area (Å²) in [7, 11) is -1.83. The smallest absolute Gasteiger partial charge is 0.238 e. The maximum Gasteiger partial charge on any atom is 0.238 e. The number of carbonyl (C=O) groups is 1. The number of hydrogen-bond donors (Lipinski definition) is 2. The van der Waals surface area contributed by atoms with Gasteiger partial charge >= 0.3 is 0 Å². The predicted octanol–water partition coefficient (Wildman–Crippen LogP) is 2.23. The van der Waals surface area contributed by atoms with E-state index in [1.807, 2.05) is 24.9 Å². The fourth-order valence-corrected chi connectivity index (χ4v) is 3.08. The summed E-state index contributed by atoms with van der Waals surface area (Å²) in [6, 6.07) is 15.2. The molecule has 8 heteroatoms. The highest BCUT2D eigenvalue weighted by Gasteiger charge is 2.15. The van der Waals surface area contributed by atoms with E-state index in [1.165, 1.54) is 12.1 Å². The highest BCUT2D eigenvalue weighted by Crippen LogP contribution is 2.21. The van der Waals surface area contributed by atoms with Crippen molar-refractivity contribution in [2.45, 2.75) is 24.3 Å². The molecule has 2 aromatic rings. The number of sulfonamides is 1. The molecule has 0 fully saturated rings. The number of primary sulfonamides is 1. The molecule has 0 spiro atoms. The first kappa shape index (κ1) is 20.6. The number of nitrogens with zero attached hydrogens (tertiary/aromatic N) is 2. The van der Waals surface area contributed by atoms with Crippen LogP contribution in [-0.2, 0) is 14.8 Å². The molecule has 1 amide bonds. The van der Waals surface area contributed by atoms with Gasteiger partial charge < -0.3 is 5.32 Å².